The molecule has 1 atom stereocenters. The molecule has 0 saturated carbocycles. The number of aliphatic hydroxyl groups is 1. The molecular weight excluding hydrogens is 428 g/mol. The van der Waals surface area contributed by atoms with Gasteiger partial charge >= 0.3 is 6.18 Å². The summed E-state index contributed by atoms with van der Waals surface area (Å²) in [5.41, 5.74) is 3.01. The number of carbonyl (C=O) groups is 2. The molecule has 1 aromatic heterocycles. The molecule has 1 heterocycles. The number of thiophene rings is 1. The third-order valence-electron chi connectivity index (χ3n) is 3.39. The maximum absolute atomic E-state index is 13.5. The molecule has 7 nitrogen and oxygen atoms in total. The molecule has 0 aliphatic heterocycles. The lowest BCUT2D eigenvalue weighted by Crippen LogP contribution is -2.25. The van der Waals surface area contributed by atoms with Gasteiger partial charge in [-0.2, -0.15) is 13.2 Å². The molecule has 0 spiro atoms. The van der Waals surface area contributed by atoms with Crippen LogP contribution >= 0.6 is 11.3 Å². The Morgan fingerprint density at radius 1 is 1.25 bits per heavy atom. The van der Waals surface area contributed by atoms with Crippen LogP contribution in [0.3, 0.4) is 0 Å². The highest BCUT2D eigenvalue weighted by molar-refractivity contribution is 7.93. The van der Waals surface area contributed by atoms with E-state index in [0.717, 1.165) is 6.92 Å². The van der Waals surface area contributed by atoms with Gasteiger partial charge < -0.3 is 16.2 Å². The standard InChI is InChI=1S/C15H12F4N2O5S2/c1-6(22)13(24)21-14-8(12(20)23)5-11(27-14)28(25,26)10-4-7(16)2-3-9(10)15(17,18)19/h2-6,22H,1H3,(H2,20,23)(H,21,24). The number of hydrogen-bond acceptors (Lipinski definition) is 6. The molecule has 0 bridgehead atoms. The summed E-state index contributed by atoms with van der Waals surface area (Å²) < 4.78 is 77.5. The van der Waals surface area contributed by atoms with Gasteiger partial charge in [0.25, 0.3) is 11.8 Å². The van der Waals surface area contributed by atoms with Crippen LogP contribution in [0.15, 0.2) is 33.4 Å². The Morgan fingerprint density at radius 3 is 2.36 bits per heavy atom. The number of hydrogen-bond donors (Lipinski definition) is 3. The summed E-state index contributed by atoms with van der Waals surface area (Å²) >= 11 is 0.239. The average Bonchev–Trinajstić information content (AvgIpc) is 2.98. The van der Waals surface area contributed by atoms with E-state index in [9.17, 15) is 40.7 Å². The number of nitrogens with two attached hydrogens (primary N) is 1. The molecule has 4 N–H and O–H groups in total. The topological polar surface area (TPSA) is 127 Å². The molecule has 0 saturated heterocycles. The Labute approximate surface area is 159 Å². The first-order valence-corrected chi connectivity index (χ1v) is 9.59. The zero-order valence-electron chi connectivity index (χ0n) is 13.9. The van der Waals surface area contributed by atoms with Crippen molar-refractivity contribution < 1.29 is 40.7 Å². The van der Waals surface area contributed by atoms with Crippen LogP contribution in [-0.4, -0.2) is 31.4 Å². The average molecular weight is 440 g/mol. The summed E-state index contributed by atoms with van der Waals surface area (Å²) in [5, 5.41) is 10.9. The number of anilines is 1. The Hall–Kier alpha value is -2.51. The molecule has 28 heavy (non-hydrogen) atoms. The van der Waals surface area contributed by atoms with Gasteiger partial charge in [0.05, 0.1) is 16.0 Å². The summed E-state index contributed by atoms with van der Waals surface area (Å²) in [6.45, 7) is 1.09. The first-order valence-electron chi connectivity index (χ1n) is 7.29. The third-order valence-corrected chi connectivity index (χ3v) is 6.71. The van der Waals surface area contributed by atoms with Crippen molar-refractivity contribution in [2.75, 3.05) is 5.32 Å². The van der Waals surface area contributed by atoms with E-state index in [1.54, 1.807) is 0 Å². The fourth-order valence-electron chi connectivity index (χ4n) is 2.05. The van der Waals surface area contributed by atoms with Gasteiger partial charge in [-0.1, -0.05) is 0 Å². The second-order valence-corrected chi connectivity index (χ2v) is 8.68. The minimum absolute atomic E-state index is 0.204. The Bertz CT molecular complexity index is 1050. The number of halogens is 4. The molecule has 1 aromatic carbocycles. The number of carbonyl (C=O) groups excluding carboxylic acids is 2. The summed E-state index contributed by atoms with van der Waals surface area (Å²) in [5.74, 6) is -3.40. The van der Waals surface area contributed by atoms with Crippen molar-refractivity contribution in [2.24, 2.45) is 5.73 Å². The van der Waals surface area contributed by atoms with E-state index in [1.807, 2.05) is 0 Å². The van der Waals surface area contributed by atoms with E-state index in [1.165, 1.54) is 0 Å². The van der Waals surface area contributed by atoms with Crippen molar-refractivity contribution >= 4 is 38.0 Å². The smallest absolute Gasteiger partial charge is 0.384 e. The van der Waals surface area contributed by atoms with Gasteiger partial charge in [-0.3, -0.25) is 9.59 Å². The van der Waals surface area contributed by atoms with Crippen molar-refractivity contribution in [1.29, 1.82) is 0 Å². The van der Waals surface area contributed by atoms with Crippen LogP contribution in [0.25, 0.3) is 0 Å². The number of alkyl halides is 3. The second-order valence-electron chi connectivity index (χ2n) is 5.48. The molecule has 13 heteroatoms. The molecule has 0 aliphatic rings. The number of amides is 2. The van der Waals surface area contributed by atoms with Crippen LogP contribution in [-0.2, 0) is 20.8 Å². The van der Waals surface area contributed by atoms with Crippen molar-refractivity contribution in [3.63, 3.8) is 0 Å². The van der Waals surface area contributed by atoms with Crippen LogP contribution in [0.5, 0.6) is 0 Å². The normalized spacial score (nSPS) is 13.2. The maximum atomic E-state index is 13.5. The van der Waals surface area contributed by atoms with Crippen molar-refractivity contribution in [3.8, 4) is 0 Å². The van der Waals surface area contributed by atoms with E-state index >= 15 is 0 Å². The molecule has 2 aromatic rings. The summed E-state index contributed by atoms with van der Waals surface area (Å²) in [6.07, 6.45) is -6.62. The first-order chi connectivity index (χ1) is 12.7. The highest BCUT2D eigenvalue weighted by atomic mass is 32.2. The molecule has 0 aliphatic carbocycles. The lowest BCUT2D eigenvalue weighted by Gasteiger charge is -2.12. The minimum Gasteiger partial charge on any atom is -0.384 e. The number of primary amides is 1. The Kier molecular flexibility index (Phi) is 5.82. The fraction of sp³-hybridized carbons (Fsp3) is 0.200. The summed E-state index contributed by atoms with van der Waals surface area (Å²) in [4.78, 5) is 21.7. The molecular formula is C15H12F4N2O5S2. The largest absolute Gasteiger partial charge is 0.417 e. The molecule has 152 valence electrons. The molecule has 1 unspecified atom stereocenters. The van der Waals surface area contributed by atoms with Gasteiger partial charge in [0.2, 0.25) is 9.84 Å². The third kappa shape index (κ3) is 4.31. The van der Waals surface area contributed by atoms with Gasteiger partial charge in [0.1, 0.15) is 21.1 Å². The predicted octanol–water partition coefficient (Wildman–Crippen LogP) is 2.16. The summed E-state index contributed by atoms with van der Waals surface area (Å²) in [6, 6.07) is 1.61. The molecule has 0 fully saturated rings. The lowest BCUT2D eigenvalue weighted by atomic mass is 10.2. The van der Waals surface area contributed by atoms with E-state index in [2.05, 4.69) is 5.32 Å². The monoisotopic (exact) mass is 440 g/mol. The van der Waals surface area contributed by atoms with Crippen LogP contribution in [0.1, 0.15) is 22.8 Å². The SMILES string of the molecule is CC(O)C(=O)Nc1sc(S(=O)(=O)c2cc(F)ccc2C(F)(F)F)cc1C(N)=O. The fourth-order valence-corrected chi connectivity index (χ4v) is 5.04. The van der Waals surface area contributed by atoms with E-state index in [4.69, 9.17) is 5.73 Å². The number of rotatable bonds is 5. The van der Waals surface area contributed by atoms with Crippen LogP contribution in [0.2, 0.25) is 0 Å². The van der Waals surface area contributed by atoms with Gasteiger partial charge in [-0.15, -0.1) is 11.3 Å². The van der Waals surface area contributed by atoms with Crippen LogP contribution in [0.4, 0.5) is 22.6 Å². The molecule has 0 radical (unpaired) electrons. The van der Waals surface area contributed by atoms with Gasteiger partial charge in [0.15, 0.2) is 0 Å². The number of aliphatic hydroxyl groups excluding tert-OH is 1. The highest BCUT2D eigenvalue weighted by Gasteiger charge is 2.39. The predicted molar refractivity (Wildman–Crippen MR) is 90.0 cm³/mol. The summed E-state index contributed by atoms with van der Waals surface area (Å²) in [7, 11) is -4.93. The van der Waals surface area contributed by atoms with Crippen LogP contribution in [0, 0.1) is 5.82 Å². The lowest BCUT2D eigenvalue weighted by molar-refractivity contribution is -0.139. The van der Waals surface area contributed by atoms with Crippen molar-refractivity contribution in [2.45, 2.75) is 28.3 Å². The second kappa shape index (κ2) is 7.48. The van der Waals surface area contributed by atoms with Gasteiger partial charge in [-0.05, 0) is 31.2 Å². The first kappa shape index (κ1) is 21.8. The minimum atomic E-state index is -5.09. The van der Waals surface area contributed by atoms with Gasteiger partial charge in [0, 0.05) is 0 Å². The zero-order chi connectivity index (χ0) is 21.4. The number of sulfone groups is 1. The highest BCUT2D eigenvalue weighted by Crippen LogP contribution is 2.40. The van der Waals surface area contributed by atoms with Gasteiger partial charge in [-0.25, -0.2) is 12.8 Å². The maximum Gasteiger partial charge on any atom is 0.417 e. The number of nitrogens with one attached hydrogen (secondary N) is 1. The molecule has 2 amide bonds. The zero-order valence-corrected chi connectivity index (χ0v) is 15.5. The van der Waals surface area contributed by atoms with Crippen LogP contribution < -0.4 is 11.1 Å². The van der Waals surface area contributed by atoms with E-state index < -0.39 is 60.0 Å². The van der Waals surface area contributed by atoms with Crippen molar-refractivity contribution in [3.05, 3.63) is 41.2 Å². The van der Waals surface area contributed by atoms with E-state index in [0.29, 0.717) is 12.1 Å². The molecule has 2 rings (SSSR count). The number of benzene rings is 1. The Morgan fingerprint density at radius 2 is 1.86 bits per heavy atom. The van der Waals surface area contributed by atoms with E-state index in [-0.39, 0.29) is 28.5 Å². The van der Waals surface area contributed by atoms with Crippen molar-refractivity contribution in [1.82, 2.24) is 0 Å². The Balaban J connectivity index is 2.67. The quantitative estimate of drug-likeness (QED) is 0.614.